The van der Waals surface area contributed by atoms with Crippen molar-refractivity contribution in [1.29, 1.82) is 0 Å². The van der Waals surface area contributed by atoms with Crippen LogP contribution in [0.1, 0.15) is 25.8 Å². The van der Waals surface area contributed by atoms with Gasteiger partial charge in [0, 0.05) is 18.2 Å². The molecule has 0 aromatic carbocycles. The van der Waals surface area contributed by atoms with Gasteiger partial charge in [0.2, 0.25) is 5.91 Å². The van der Waals surface area contributed by atoms with Crippen molar-refractivity contribution in [2.45, 2.75) is 25.8 Å². The van der Waals surface area contributed by atoms with E-state index in [0.717, 1.165) is 0 Å². The van der Waals surface area contributed by atoms with Crippen LogP contribution in [0.15, 0.2) is 18.3 Å². The zero-order valence-corrected chi connectivity index (χ0v) is 9.32. The van der Waals surface area contributed by atoms with E-state index >= 15 is 0 Å². The van der Waals surface area contributed by atoms with Crippen molar-refractivity contribution in [3.63, 3.8) is 0 Å². The molecule has 1 aromatic rings. The molecule has 0 saturated carbocycles. The number of anilines is 1. The second-order valence-corrected chi connectivity index (χ2v) is 4.42. The number of rotatable bonds is 1. The lowest BCUT2D eigenvalue weighted by atomic mass is 10.0. The molecule has 1 fully saturated rings. The lowest BCUT2D eigenvalue weighted by Gasteiger charge is -2.21. The maximum absolute atomic E-state index is 11.8. The van der Waals surface area contributed by atoms with Crippen LogP contribution in [0.4, 0.5) is 5.82 Å². The van der Waals surface area contributed by atoms with Gasteiger partial charge in [0.05, 0.1) is 5.56 Å². The highest BCUT2D eigenvalue weighted by Gasteiger charge is 2.37. The smallest absolute Gasteiger partial charge is 0.244 e. The van der Waals surface area contributed by atoms with Gasteiger partial charge in [-0.2, -0.15) is 0 Å². The second-order valence-electron chi connectivity index (χ2n) is 4.42. The van der Waals surface area contributed by atoms with Gasteiger partial charge in [-0.1, -0.05) is 5.92 Å². The van der Waals surface area contributed by atoms with Gasteiger partial charge in [0.15, 0.2) is 5.82 Å². The SMILES string of the molecule is C#Cc1cccnc1N1NC(C)(C)CC1=O. The standard InChI is InChI=1S/C12H13N3O/c1-4-9-6-5-7-13-11(9)15-10(16)8-12(2,3)14-15/h1,5-7,14H,8H2,2-3H3. The monoisotopic (exact) mass is 215 g/mol. The minimum Gasteiger partial charge on any atom is -0.273 e. The number of nitrogens with one attached hydrogen (secondary N) is 1. The predicted molar refractivity (Wildman–Crippen MR) is 61.5 cm³/mol. The number of hydrazine groups is 1. The van der Waals surface area contributed by atoms with E-state index in [0.29, 0.717) is 17.8 Å². The van der Waals surface area contributed by atoms with Gasteiger partial charge in [-0.3, -0.25) is 4.79 Å². The van der Waals surface area contributed by atoms with Gasteiger partial charge in [-0.05, 0) is 26.0 Å². The summed E-state index contributed by atoms with van der Waals surface area (Å²) in [5.41, 5.74) is 3.46. The van der Waals surface area contributed by atoms with Crippen LogP contribution in [-0.2, 0) is 4.79 Å². The topological polar surface area (TPSA) is 45.2 Å². The molecule has 0 unspecified atom stereocenters. The van der Waals surface area contributed by atoms with Crippen LogP contribution in [-0.4, -0.2) is 16.4 Å². The van der Waals surface area contributed by atoms with E-state index in [1.54, 1.807) is 18.3 Å². The molecule has 1 aliphatic heterocycles. The Morgan fingerprint density at radius 2 is 2.38 bits per heavy atom. The molecular weight excluding hydrogens is 202 g/mol. The Balaban J connectivity index is 2.40. The molecule has 4 heteroatoms. The first-order valence-electron chi connectivity index (χ1n) is 5.06. The highest BCUT2D eigenvalue weighted by molar-refractivity contribution is 5.95. The number of nitrogens with zero attached hydrogens (tertiary/aromatic N) is 2. The van der Waals surface area contributed by atoms with E-state index < -0.39 is 0 Å². The molecule has 1 aliphatic rings. The van der Waals surface area contributed by atoms with Crippen molar-refractivity contribution in [2.75, 3.05) is 5.01 Å². The van der Waals surface area contributed by atoms with Crippen molar-refractivity contribution in [2.24, 2.45) is 0 Å². The summed E-state index contributed by atoms with van der Waals surface area (Å²) in [6, 6.07) is 3.52. The van der Waals surface area contributed by atoms with Crippen molar-refractivity contribution >= 4 is 11.7 Å². The lowest BCUT2D eigenvalue weighted by molar-refractivity contribution is -0.117. The zero-order valence-electron chi connectivity index (χ0n) is 9.32. The Morgan fingerprint density at radius 1 is 1.62 bits per heavy atom. The third-order valence-corrected chi connectivity index (χ3v) is 2.41. The van der Waals surface area contributed by atoms with Gasteiger partial charge >= 0.3 is 0 Å². The fraction of sp³-hybridized carbons (Fsp3) is 0.333. The number of carbonyl (C=O) groups is 1. The predicted octanol–water partition coefficient (Wildman–Crippen LogP) is 1.08. The van der Waals surface area contributed by atoms with Crippen molar-refractivity contribution in [3.8, 4) is 12.3 Å². The first kappa shape index (κ1) is 10.7. The third kappa shape index (κ3) is 1.77. The minimum absolute atomic E-state index is 0.0137. The summed E-state index contributed by atoms with van der Waals surface area (Å²) >= 11 is 0. The van der Waals surface area contributed by atoms with Crippen LogP contribution < -0.4 is 10.4 Å². The van der Waals surface area contributed by atoms with Crippen molar-refractivity contribution in [1.82, 2.24) is 10.4 Å². The van der Waals surface area contributed by atoms with Gasteiger partial charge < -0.3 is 0 Å². The molecule has 16 heavy (non-hydrogen) atoms. The van der Waals surface area contributed by atoms with Crippen LogP contribution in [0, 0.1) is 12.3 Å². The molecule has 1 N–H and O–H groups in total. The number of hydrogen-bond donors (Lipinski definition) is 1. The van der Waals surface area contributed by atoms with Crippen LogP contribution in [0.3, 0.4) is 0 Å². The summed E-state index contributed by atoms with van der Waals surface area (Å²) in [7, 11) is 0. The molecule has 2 rings (SSSR count). The van der Waals surface area contributed by atoms with Crippen LogP contribution >= 0.6 is 0 Å². The number of amides is 1. The molecule has 1 amide bonds. The molecule has 0 atom stereocenters. The second kappa shape index (κ2) is 3.62. The first-order chi connectivity index (χ1) is 7.53. The van der Waals surface area contributed by atoms with Gasteiger partial charge in [-0.25, -0.2) is 15.4 Å². The Hall–Kier alpha value is -1.86. The largest absolute Gasteiger partial charge is 0.273 e. The number of hydrogen-bond acceptors (Lipinski definition) is 3. The molecule has 82 valence electrons. The summed E-state index contributed by atoms with van der Waals surface area (Å²) in [4.78, 5) is 16.0. The maximum Gasteiger partial charge on any atom is 0.244 e. The molecule has 4 nitrogen and oxygen atoms in total. The van der Waals surface area contributed by atoms with E-state index in [1.165, 1.54) is 5.01 Å². The number of terminal acetylenes is 1. The number of carbonyl (C=O) groups excluding carboxylic acids is 1. The third-order valence-electron chi connectivity index (χ3n) is 2.41. The molecule has 1 saturated heterocycles. The summed E-state index contributed by atoms with van der Waals surface area (Å²) in [6.45, 7) is 3.92. The van der Waals surface area contributed by atoms with Gasteiger partial charge in [-0.15, -0.1) is 6.42 Å². The molecule has 2 heterocycles. The molecular formula is C12H13N3O. The Bertz CT molecular complexity index is 473. The average molecular weight is 215 g/mol. The first-order valence-corrected chi connectivity index (χ1v) is 5.06. The summed E-state index contributed by atoms with van der Waals surface area (Å²) < 4.78 is 0. The zero-order chi connectivity index (χ0) is 11.8. The number of aromatic nitrogens is 1. The Kier molecular flexibility index (Phi) is 2.41. The van der Waals surface area contributed by atoms with E-state index in [9.17, 15) is 4.79 Å². The van der Waals surface area contributed by atoms with Crippen molar-refractivity contribution < 1.29 is 4.79 Å². The Labute approximate surface area is 94.6 Å². The molecule has 0 aliphatic carbocycles. The van der Waals surface area contributed by atoms with E-state index in [1.807, 2.05) is 13.8 Å². The molecule has 0 bridgehead atoms. The molecule has 0 spiro atoms. The fourth-order valence-electron chi connectivity index (χ4n) is 1.72. The van der Waals surface area contributed by atoms with Gasteiger partial charge in [0.25, 0.3) is 0 Å². The highest BCUT2D eigenvalue weighted by Crippen LogP contribution is 2.25. The molecule has 1 aromatic heterocycles. The van der Waals surface area contributed by atoms with E-state index in [-0.39, 0.29) is 11.4 Å². The average Bonchev–Trinajstić information content (AvgIpc) is 2.52. The van der Waals surface area contributed by atoms with E-state index in [2.05, 4.69) is 16.3 Å². The van der Waals surface area contributed by atoms with E-state index in [4.69, 9.17) is 6.42 Å². The lowest BCUT2D eigenvalue weighted by Crippen LogP contribution is -2.43. The number of pyridine rings is 1. The summed E-state index contributed by atoms with van der Waals surface area (Å²) in [6.07, 6.45) is 7.44. The highest BCUT2D eigenvalue weighted by atomic mass is 16.2. The van der Waals surface area contributed by atoms with Crippen LogP contribution in [0.2, 0.25) is 0 Å². The van der Waals surface area contributed by atoms with Gasteiger partial charge in [0.1, 0.15) is 0 Å². The van der Waals surface area contributed by atoms with Crippen molar-refractivity contribution in [3.05, 3.63) is 23.9 Å². The Morgan fingerprint density at radius 3 is 2.94 bits per heavy atom. The quantitative estimate of drug-likeness (QED) is 0.713. The minimum atomic E-state index is -0.250. The summed E-state index contributed by atoms with van der Waals surface area (Å²) in [5.74, 6) is 3.01. The maximum atomic E-state index is 11.8. The fourth-order valence-corrected chi connectivity index (χ4v) is 1.72. The van der Waals surface area contributed by atoms with Crippen LogP contribution in [0.5, 0.6) is 0 Å². The normalized spacial score (nSPS) is 18.6. The van der Waals surface area contributed by atoms with Crippen LogP contribution in [0.25, 0.3) is 0 Å². The molecule has 0 radical (unpaired) electrons. The summed E-state index contributed by atoms with van der Waals surface area (Å²) in [5, 5.41) is 1.44.